The van der Waals surface area contributed by atoms with Crippen molar-refractivity contribution in [3.8, 4) is 0 Å². The fourth-order valence-electron chi connectivity index (χ4n) is 1.52. The van der Waals surface area contributed by atoms with Crippen molar-refractivity contribution >= 4 is 25.0 Å². The molecule has 19 heavy (non-hydrogen) atoms. The molecule has 3 nitrogen and oxygen atoms in total. The van der Waals surface area contributed by atoms with E-state index < -0.39 is 19.8 Å². The smallest absolute Gasteiger partial charge is 0.412 e. The summed E-state index contributed by atoms with van der Waals surface area (Å²) in [4.78, 5) is 11.6. The minimum Gasteiger partial charge on any atom is -0.444 e. The SMILES string of the molecule is C=C[Si](C)(C)c1ccc(NC(=O)OC(C)(C)C)cc1. The number of hydrogen-bond acceptors (Lipinski definition) is 2. The molecule has 1 rings (SSSR count). The predicted octanol–water partition coefficient (Wildman–Crippen LogP) is 3.67. The van der Waals surface area contributed by atoms with E-state index in [9.17, 15) is 4.79 Å². The monoisotopic (exact) mass is 277 g/mol. The number of hydrogen-bond donors (Lipinski definition) is 1. The summed E-state index contributed by atoms with van der Waals surface area (Å²) < 4.78 is 5.20. The molecule has 0 radical (unpaired) electrons. The van der Waals surface area contributed by atoms with Crippen LogP contribution in [0.25, 0.3) is 0 Å². The third-order valence-corrected chi connectivity index (χ3v) is 5.63. The Kier molecular flexibility index (Phi) is 4.58. The Morgan fingerprint density at radius 3 is 2.21 bits per heavy atom. The minimum atomic E-state index is -1.53. The lowest BCUT2D eigenvalue weighted by molar-refractivity contribution is 0.0636. The zero-order valence-electron chi connectivity index (χ0n) is 12.4. The molecule has 0 atom stereocenters. The minimum absolute atomic E-state index is 0.430. The molecule has 0 fully saturated rings. The van der Waals surface area contributed by atoms with Crippen LogP contribution in [-0.2, 0) is 4.74 Å². The van der Waals surface area contributed by atoms with Gasteiger partial charge in [-0.05, 0) is 32.9 Å². The summed E-state index contributed by atoms with van der Waals surface area (Å²) in [6, 6.07) is 7.89. The number of rotatable bonds is 3. The molecule has 1 aromatic carbocycles. The van der Waals surface area contributed by atoms with Crippen molar-refractivity contribution in [1.82, 2.24) is 0 Å². The van der Waals surface area contributed by atoms with Gasteiger partial charge in [0.15, 0.2) is 0 Å². The van der Waals surface area contributed by atoms with Gasteiger partial charge in [0.1, 0.15) is 13.7 Å². The van der Waals surface area contributed by atoms with Crippen LogP contribution in [0.3, 0.4) is 0 Å². The van der Waals surface area contributed by atoms with Gasteiger partial charge in [0.05, 0.1) is 0 Å². The zero-order valence-corrected chi connectivity index (χ0v) is 13.4. The second-order valence-corrected chi connectivity index (χ2v) is 10.6. The number of anilines is 1. The summed E-state index contributed by atoms with van der Waals surface area (Å²) in [5.41, 5.74) is 2.30. The van der Waals surface area contributed by atoms with Crippen LogP contribution in [-0.4, -0.2) is 19.8 Å². The second kappa shape index (κ2) is 5.61. The van der Waals surface area contributed by atoms with Crippen LogP contribution < -0.4 is 10.5 Å². The number of ether oxygens (including phenoxy) is 1. The maximum atomic E-state index is 11.6. The first-order chi connectivity index (χ1) is 8.64. The van der Waals surface area contributed by atoms with Gasteiger partial charge in [0.25, 0.3) is 0 Å². The topological polar surface area (TPSA) is 38.3 Å². The Labute approximate surface area is 116 Å². The van der Waals surface area contributed by atoms with E-state index in [-0.39, 0.29) is 0 Å². The molecule has 0 heterocycles. The summed E-state index contributed by atoms with van der Waals surface area (Å²) in [6.07, 6.45) is -0.430. The molecular formula is C15H23NO2Si. The molecule has 0 aliphatic heterocycles. The van der Waals surface area contributed by atoms with Crippen LogP contribution in [0.4, 0.5) is 10.5 Å². The van der Waals surface area contributed by atoms with E-state index in [0.717, 1.165) is 5.69 Å². The fourth-order valence-corrected chi connectivity index (χ4v) is 2.78. The second-order valence-electron chi connectivity index (χ2n) is 6.13. The molecule has 1 amide bonds. The van der Waals surface area contributed by atoms with E-state index in [1.807, 2.05) is 50.7 Å². The van der Waals surface area contributed by atoms with Gasteiger partial charge in [0, 0.05) is 5.69 Å². The van der Waals surface area contributed by atoms with Crippen molar-refractivity contribution in [2.75, 3.05) is 5.32 Å². The molecular weight excluding hydrogens is 254 g/mol. The largest absolute Gasteiger partial charge is 0.444 e. The van der Waals surface area contributed by atoms with Gasteiger partial charge in [-0.2, -0.15) is 0 Å². The van der Waals surface area contributed by atoms with Crippen molar-refractivity contribution in [1.29, 1.82) is 0 Å². The number of carbonyl (C=O) groups is 1. The molecule has 0 unspecified atom stereocenters. The molecule has 0 saturated heterocycles. The first-order valence-corrected chi connectivity index (χ1v) is 9.46. The van der Waals surface area contributed by atoms with E-state index >= 15 is 0 Å². The van der Waals surface area contributed by atoms with Crippen LogP contribution in [0.1, 0.15) is 20.8 Å². The molecule has 0 aromatic heterocycles. The maximum absolute atomic E-state index is 11.6. The summed E-state index contributed by atoms with van der Waals surface area (Å²) in [5, 5.41) is 4.01. The lowest BCUT2D eigenvalue weighted by Gasteiger charge is -2.20. The van der Waals surface area contributed by atoms with E-state index in [2.05, 4.69) is 25.0 Å². The van der Waals surface area contributed by atoms with Gasteiger partial charge in [-0.15, -0.1) is 6.58 Å². The van der Waals surface area contributed by atoms with Gasteiger partial charge >= 0.3 is 6.09 Å². The van der Waals surface area contributed by atoms with Crippen molar-refractivity contribution in [3.63, 3.8) is 0 Å². The average molecular weight is 277 g/mol. The number of nitrogens with one attached hydrogen (secondary N) is 1. The highest BCUT2D eigenvalue weighted by Gasteiger charge is 2.19. The van der Waals surface area contributed by atoms with Crippen molar-refractivity contribution < 1.29 is 9.53 Å². The molecule has 0 aliphatic rings. The van der Waals surface area contributed by atoms with Crippen molar-refractivity contribution in [2.45, 2.75) is 39.5 Å². The first kappa shape index (κ1) is 15.5. The molecule has 1 aromatic rings. The molecule has 4 heteroatoms. The zero-order chi connectivity index (χ0) is 14.7. The van der Waals surface area contributed by atoms with Crippen LogP contribution in [0.15, 0.2) is 36.5 Å². The van der Waals surface area contributed by atoms with Crippen molar-refractivity contribution in [2.24, 2.45) is 0 Å². The Balaban J connectivity index is 2.73. The van der Waals surface area contributed by atoms with Gasteiger partial charge in [-0.25, -0.2) is 4.79 Å². The third-order valence-electron chi connectivity index (χ3n) is 2.78. The van der Waals surface area contributed by atoms with E-state index in [1.54, 1.807) is 0 Å². The lowest BCUT2D eigenvalue weighted by Crippen LogP contribution is -2.39. The average Bonchev–Trinajstić information content (AvgIpc) is 2.27. The van der Waals surface area contributed by atoms with Crippen LogP contribution in [0, 0.1) is 0 Å². The highest BCUT2D eigenvalue weighted by Crippen LogP contribution is 2.12. The number of benzene rings is 1. The maximum Gasteiger partial charge on any atom is 0.412 e. The third kappa shape index (κ3) is 4.91. The van der Waals surface area contributed by atoms with Crippen LogP contribution in [0.2, 0.25) is 13.1 Å². The summed E-state index contributed by atoms with van der Waals surface area (Å²) in [6.45, 7) is 13.9. The van der Waals surface area contributed by atoms with Gasteiger partial charge in [-0.3, -0.25) is 5.32 Å². The quantitative estimate of drug-likeness (QED) is 0.856. The van der Waals surface area contributed by atoms with Crippen LogP contribution >= 0.6 is 0 Å². The van der Waals surface area contributed by atoms with Gasteiger partial charge < -0.3 is 4.74 Å². The highest BCUT2D eigenvalue weighted by molar-refractivity contribution is 6.93. The number of amides is 1. The highest BCUT2D eigenvalue weighted by atomic mass is 28.3. The van der Waals surface area contributed by atoms with E-state index in [0.29, 0.717) is 0 Å². The molecule has 0 aliphatic carbocycles. The normalized spacial score (nSPS) is 11.8. The Morgan fingerprint density at radius 1 is 1.26 bits per heavy atom. The fraction of sp³-hybridized carbons (Fsp3) is 0.400. The first-order valence-electron chi connectivity index (χ1n) is 6.38. The molecule has 0 saturated carbocycles. The molecule has 0 bridgehead atoms. The van der Waals surface area contributed by atoms with Crippen molar-refractivity contribution in [3.05, 3.63) is 36.5 Å². The standard InChI is InChI=1S/C15H23NO2Si/c1-7-19(5,6)13-10-8-12(9-11-13)16-14(17)18-15(2,3)4/h7-11H,1H2,2-6H3,(H,16,17). The Bertz CT molecular complexity index is 458. The summed E-state index contributed by atoms with van der Waals surface area (Å²) in [5.74, 6) is 0. The predicted molar refractivity (Wildman–Crippen MR) is 83.6 cm³/mol. The summed E-state index contributed by atoms with van der Waals surface area (Å²) >= 11 is 0. The van der Waals surface area contributed by atoms with Gasteiger partial charge in [0.2, 0.25) is 0 Å². The number of carbonyl (C=O) groups excluding carboxylic acids is 1. The van der Waals surface area contributed by atoms with Crippen LogP contribution in [0.5, 0.6) is 0 Å². The molecule has 1 N–H and O–H groups in total. The Hall–Kier alpha value is -1.55. The molecule has 104 valence electrons. The lowest BCUT2D eigenvalue weighted by atomic mass is 10.2. The van der Waals surface area contributed by atoms with Gasteiger partial charge in [-0.1, -0.05) is 36.1 Å². The molecule has 0 spiro atoms. The van der Waals surface area contributed by atoms with E-state index in [1.165, 1.54) is 5.19 Å². The summed E-state index contributed by atoms with van der Waals surface area (Å²) in [7, 11) is -1.53. The Morgan fingerprint density at radius 2 is 1.79 bits per heavy atom. The van der Waals surface area contributed by atoms with E-state index in [4.69, 9.17) is 4.74 Å².